The minimum Gasteiger partial charge on any atom is -0.462 e. The molecule has 0 fully saturated rings. The molecule has 0 saturated heterocycles. The Balaban J connectivity index is 4.85. The second-order valence-electron chi connectivity index (χ2n) is 16.5. The average molecular weight is 860 g/mol. The maximum atomic E-state index is 13.2. The molecule has 3 unspecified atom stereocenters. The molecule has 0 aliphatic rings. The number of unbranched alkanes of at least 4 members (excludes halogenated alkanes) is 13. The summed E-state index contributed by atoms with van der Waals surface area (Å²) in [5.74, 6) is -0.638. The van der Waals surface area contributed by atoms with E-state index in [1.54, 1.807) is 0 Å². The number of nitrogens with one attached hydrogen (secondary N) is 1. The van der Waals surface area contributed by atoms with Gasteiger partial charge in [-0.1, -0.05) is 207 Å². The topological polar surface area (TPSA) is 95.9 Å². The normalized spacial score (nSPS) is 14.2. The maximum absolute atomic E-state index is 13.2. The number of esters is 1. The van der Waals surface area contributed by atoms with Crippen molar-refractivity contribution in [2.24, 2.45) is 0 Å². The SMILES string of the molecule is CC/C=C/C/C=C/C/C=C/C/C=C/C/C=C/CCC(=O)OC(CCC/C=C\C/C=C\C/C=C\C/C=C\CCCCC)CC(=O)NC(CO)C(O)CCCCCCCCCCCC. The first-order chi connectivity index (χ1) is 30.5. The number of carbonyl (C=O) groups is 2. The van der Waals surface area contributed by atoms with Gasteiger partial charge >= 0.3 is 5.97 Å². The Kier molecular flexibility index (Phi) is 45.8. The van der Waals surface area contributed by atoms with Gasteiger partial charge in [-0.2, -0.15) is 0 Å². The monoisotopic (exact) mass is 860 g/mol. The van der Waals surface area contributed by atoms with E-state index in [0.29, 0.717) is 19.3 Å². The molecule has 1 amide bonds. The van der Waals surface area contributed by atoms with Crippen LogP contribution in [0.15, 0.2) is 109 Å². The third kappa shape index (κ3) is 43.2. The number of hydrogen-bond acceptors (Lipinski definition) is 5. The Labute approximate surface area is 381 Å². The number of aliphatic hydroxyl groups excluding tert-OH is 2. The number of aliphatic hydroxyl groups is 2. The Hall–Kier alpha value is -3.48. The summed E-state index contributed by atoms with van der Waals surface area (Å²) < 4.78 is 5.85. The van der Waals surface area contributed by atoms with E-state index < -0.39 is 18.2 Å². The standard InChI is InChI=1S/C56H93NO5/c1-4-7-10-13-16-19-22-24-26-28-29-31-33-35-38-41-44-47-52(50-55(60)57-53(51-58)54(59)48-45-42-39-36-21-18-15-12-9-6-3)62-56(61)49-46-43-40-37-34-32-30-27-25-23-20-17-14-11-8-5-2/h8,11,16-17,19-20,24-27,29,31-32,34-35,38,40,43,52-54,58-59H,4-7,9-10,12-15,18,21-23,28,30,33,36-37,39,41-42,44-51H2,1-3H3,(H,57,60)/b11-8+,19-16-,20-17+,26-24-,27-25+,31-29-,34-32+,38-35-,43-40+. The summed E-state index contributed by atoms with van der Waals surface area (Å²) in [6, 6.07) is -0.739. The zero-order valence-electron chi connectivity index (χ0n) is 40.0. The second kappa shape index (κ2) is 48.6. The van der Waals surface area contributed by atoms with E-state index in [1.807, 2.05) is 6.08 Å². The molecule has 0 bridgehead atoms. The predicted molar refractivity (Wildman–Crippen MR) is 268 cm³/mol. The summed E-state index contributed by atoms with van der Waals surface area (Å²) in [6.07, 6.45) is 65.9. The van der Waals surface area contributed by atoms with Gasteiger partial charge in [0.25, 0.3) is 0 Å². The third-order valence-corrected chi connectivity index (χ3v) is 10.6. The first-order valence-corrected chi connectivity index (χ1v) is 25.1. The summed E-state index contributed by atoms with van der Waals surface area (Å²) in [4.78, 5) is 26.1. The molecule has 62 heavy (non-hydrogen) atoms. The van der Waals surface area contributed by atoms with Gasteiger partial charge in [0, 0.05) is 6.42 Å². The van der Waals surface area contributed by atoms with Gasteiger partial charge < -0.3 is 20.3 Å². The van der Waals surface area contributed by atoms with Crippen molar-refractivity contribution in [2.75, 3.05) is 6.61 Å². The third-order valence-electron chi connectivity index (χ3n) is 10.6. The van der Waals surface area contributed by atoms with Gasteiger partial charge in [-0.3, -0.25) is 9.59 Å². The molecule has 3 atom stereocenters. The van der Waals surface area contributed by atoms with Crippen molar-refractivity contribution < 1.29 is 24.5 Å². The number of allylic oxidation sites excluding steroid dienone is 18. The molecule has 0 radical (unpaired) electrons. The quantitative estimate of drug-likeness (QED) is 0.0322. The smallest absolute Gasteiger partial charge is 0.306 e. The van der Waals surface area contributed by atoms with E-state index in [-0.39, 0.29) is 31.3 Å². The summed E-state index contributed by atoms with van der Waals surface area (Å²) >= 11 is 0. The molecule has 0 heterocycles. The first-order valence-electron chi connectivity index (χ1n) is 25.1. The summed E-state index contributed by atoms with van der Waals surface area (Å²) in [5, 5.41) is 23.7. The number of rotatable bonds is 43. The predicted octanol–water partition coefficient (Wildman–Crippen LogP) is 15.1. The van der Waals surface area contributed by atoms with Crippen LogP contribution in [0, 0.1) is 0 Å². The molecule has 0 aromatic heterocycles. The van der Waals surface area contributed by atoms with Crippen LogP contribution in [0.3, 0.4) is 0 Å². The van der Waals surface area contributed by atoms with E-state index in [4.69, 9.17) is 4.74 Å². The van der Waals surface area contributed by atoms with E-state index >= 15 is 0 Å². The van der Waals surface area contributed by atoms with Gasteiger partial charge in [-0.25, -0.2) is 0 Å². The molecular weight excluding hydrogens is 767 g/mol. The molecule has 352 valence electrons. The number of hydrogen-bond donors (Lipinski definition) is 3. The molecule has 6 heteroatoms. The lowest BCUT2D eigenvalue weighted by atomic mass is 10.0. The Morgan fingerprint density at radius 3 is 1.35 bits per heavy atom. The molecule has 0 aromatic rings. The fraction of sp³-hybridized carbons (Fsp3) is 0.643. The Morgan fingerprint density at radius 1 is 0.484 bits per heavy atom. The Morgan fingerprint density at radius 2 is 0.887 bits per heavy atom. The van der Waals surface area contributed by atoms with Gasteiger partial charge in [-0.15, -0.1) is 0 Å². The average Bonchev–Trinajstić information content (AvgIpc) is 3.26. The van der Waals surface area contributed by atoms with E-state index in [0.717, 1.165) is 83.5 Å². The molecule has 6 nitrogen and oxygen atoms in total. The van der Waals surface area contributed by atoms with Crippen molar-refractivity contribution in [3.8, 4) is 0 Å². The Bertz CT molecular complexity index is 1280. The molecule has 0 aromatic carbocycles. The highest BCUT2D eigenvalue weighted by atomic mass is 16.5. The lowest BCUT2D eigenvalue weighted by Crippen LogP contribution is -2.46. The lowest BCUT2D eigenvalue weighted by molar-refractivity contribution is -0.150. The molecule has 0 saturated carbocycles. The largest absolute Gasteiger partial charge is 0.462 e. The van der Waals surface area contributed by atoms with Crippen LogP contribution < -0.4 is 5.32 Å². The molecule has 0 spiro atoms. The van der Waals surface area contributed by atoms with E-state index in [2.05, 4.69) is 129 Å². The highest BCUT2D eigenvalue weighted by molar-refractivity contribution is 5.77. The fourth-order valence-electron chi connectivity index (χ4n) is 6.82. The highest BCUT2D eigenvalue weighted by Gasteiger charge is 2.23. The van der Waals surface area contributed by atoms with Crippen molar-refractivity contribution in [1.82, 2.24) is 5.32 Å². The molecular formula is C56H93NO5. The second-order valence-corrected chi connectivity index (χ2v) is 16.5. The summed E-state index contributed by atoms with van der Waals surface area (Å²) in [6.45, 7) is 6.28. The van der Waals surface area contributed by atoms with Gasteiger partial charge in [0.05, 0.1) is 25.2 Å². The van der Waals surface area contributed by atoms with E-state index in [9.17, 15) is 19.8 Å². The van der Waals surface area contributed by atoms with Crippen molar-refractivity contribution >= 4 is 11.9 Å². The molecule has 0 rings (SSSR count). The highest BCUT2D eigenvalue weighted by Crippen LogP contribution is 2.15. The molecule has 3 N–H and O–H groups in total. The minimum atomic E-state index is -0.820. The van der Waals surface area contributed by atoms with Crippen molar-refractivity contribution in [2.45, 2.75) is 225 Å². The van der Waals surface area contributed by atoms with Crippen LogP contribution in [0.1, 0.15) is 207 Å². The zero-order chi connectivity index (χ0) is 45.2. The first kappa shape index (κ1) is 58.5. The van der Waals surface area contributed by atoms with Gasteiger partial charge in [-0.05, 0) is 96.3 Å². The zero-order valence-corrected chi connectivity index (χ0v) is 40.0. The maximum Gasteiger partial charge on any atom is 0.306 e. The number of ether oxygens (including phenoxy) is 1. The van der Waals surface area contributed by atoms with Crippen molar-refractivity contribution in [3.05, 3.63) is 109 Å². The van der Waals surface area contributed by atoms with Gasteiger partial charge in [0.15, 0.2) is 0 Å². The summed E-state index contributed by atoms with van der Waals surface area (Å²) in [5.41, 5.74) is 0. The van der Waals surface area contributed by atoms with Crippen LogP contribution in [-0.2, 0) is 14.3 Å². The molecule has 0 aliphatic heterocycles. The van der Waals surface area contributed by atoms with Gasteiger partial charge in [0.1, 0.15) is 6.10 Å². The van der Waals surface area contributed by atoms with Crippen LogP contribution >= 0.6 is 0 Å². The number of carbonyl (C=O) groups excluding carboxylic acids is 2. The fourth-order valence-corrected chi connectivity index (χ4v) is 6.82. The van der Waals surface area contributed by atoms with Gasteiger partial charge in [0.2, 0.25) is 5.91 Å². The van der Waals surface area contributed by atoms with Crippen molar-refractivity contribution in [3.63, 3.8) is 0 Å². The lowest BCUT2D eigenvalue weighted by Gasteiger charge is -2.24. The summed E-state index contributed by atoms with van der Waals surface area (Å²) in [7, 11) is 0. The molecule has 0 aliphatic carbocycles. The van der Waals surface area contributed by atoms with E-state index in [1.165, 1.54) is 70.6 Å². The number of amides is 1. The minimum absolute atomic E-state index is 0.00348. The van der Waals surface area contributed by atoms with Crippen LogP contribution in [0.5, 0.6) is 0 Å². The van der Waals surface area contributed by atoms with Crippen LogP contribution in [0.25, 0.3) is 0 Å². The van der Waals surface area contributed by atoms with Crippen LogP contribution in [0.4, 0.5) is 0 Å². The van der Waals surface area contributed by atoms with Crippen molar-refractivity contribution in [1.29, 1.82) is 0 Å². The van der Waals surface area contributed by atoms with Crippen LogP contribution in [0.2, 0.25) is 0 Å². The van der Waals surface area contributed by atoms with Crippen LogP contribution in [-0.4, -0.2) is 46.9 Å².